The molecule has 0 saturated heterocycles. The minimum atomic E-state index is -4.34. The molecule has 0 bridgehead atoms. The van der Waals surface area contributed by atoms with Crippen LogP contribution in [0.1, 0.15) is 19.8 Å². The summed E-state index contributed by atoms with van der Waals surface area (Å²) in [6.07, 6.45) is -6.10. The van der Waals surface area contributed by atoms with Crippen molar-refractivity contribution in [2.75, 3.05) is 11.9 Å². The highest BCUT2D eigenvalue weighted by molar-refractivity contribution is 5.92. The summed E-state index contributed by atoms with van der Waals surface area (Å²) in [5, 5.41) is 2.41. The molecular weight excluding hydrogens is 271 g/mol. The van der Waals surface area contributed by atoms with Gasteiger partial charge in [-0.05, 0) is 24.6 Å². The van der Waals surface area contributed by atoms with Gasteiger partial charge in [0.15, 0.2) is 0 Å². The second-order valence-corrected chi connectivity index (χ2v) is 4.41. The number of carbonyl (C=O) groups is 1. The van der Waals surface area contributed by atoms with E-state index in [1.165, 1.54) is 0 Å². The van der Waals surface area contributed by atoms with Gasteiger partial charge in [0.05, 0.1) is 12.1 Å². The summed E-state index contributed by atoms with van der Waals surface area (Å²) in [4.78, 5) is 11.5. The molecule has 1 rings (SSSR count). The van der Waals surface area contributed by atoms with Crippen molar-refractivity contribution < 1.29 is 22.7 Å². The molecule has 0 aliphatic rings. The summed E-state index contributed by atoms with van der Waals surface area (Å²) in [6.45, 7) is 5.74. The van der Waals surface area contributed by atoms with Crippen LogP contribution in [0.4, 0.5) is 18.9 Å². The lowest BCUT2D eigenvalue weighted by Gasteiger charge is -2.12. The molecule has 0 saturated carbocycles. The van der Waals surface area contributed by atoms with Crippen molar-refractivity contribution in [3.63, 3.8) is 0 Å². The molecule has 0 heterocycles. The lowest BCUT2D eigenvalue weighted by atomic mass is 10.2. The average molecular weight is 287 g/mol. The molecule has 0 aliphatic carbocycles. The van der Waals surface area contributed by atoms with Gasteiger partial charge >= 0.3 is 6.18 Å². The van der Waals surface area contributed by atoms with Gasteiger partial charge in [-0.1, -0.05) is 18.7 Å². The van der Waals surface area contributed by atoms with Crippen LogP contribution in [-0.2, 0) is 4.79 Å². The highest BCUT2D eigenvalue weighted by atomic mass is 19.4. The smallest absolute Gasteiger partial charge is 0.389 e. The number of ether oxygens (including phenoxy) is 1. The molecule has 0 fully saturated rings. The predicted octanol–water partition coefficient (Wildman–Crippen LogP) is 3.92. The van der Waals surface area contributed by atoms with Crippen LogP contribution in [0.15, 0.2) is 36.4 Å². The minimum Gasteiger partial charge on any atom is -0.487 e. The molecule has 1 aromatic rings. The molecule has 110 valence electrons. The molecule has 0 spiro atoms. The van der Waals surface area contributed by atoms with Crippen molar-refractivity contribution in [3.8, 4) is 5.75 Å². The monoisotopic (exact) mass is 287 g/mol. The van der Waals surface area contributed by atoms with Gasteiger partial charge in [-0.25, -0.2) is 0 Å². The van der Waals surface area contributed by atoms with Crippen molar-refractivity contribution in [1.82, 2.24) is 0 Å². The molecule has 0 atom stereocenters. The quantitative estimate of drug-likeness (QED) is 0.805. The Hall–Kier alpha value is -1.98. The number of nitrogens with one attached hydrogen (secondary N) is 1. The number of hydrogen-bond donors (Lipinski definition) is 1. The number of anilines is 1. The van der Waals surface area contributed by atoms with Gasteiger partial charge in [-0.3, -0.25) is 4.79 Å². The first kappa shape index (κ1) is 16.1. The third-order valence-electron chi connectivity index (χ3n) is 2.27. The first-order chi connectivity index (χ1) is 9.28. The number of benzene rings is 1. The Bertz CT molecular complexity index is 484. The van der Waals surface area contributed by atoms with E-state index >= 15 is 0 Å². The number of para-hydroxylation sites is 2. The van der Waals surface area contributed by atoms with Crippen LogP contribution < -0.4 is 10.1 Å². The molecule has 0 aromatic heterocycles. The second-order valence-electron chi connectivity index (χ2n) is 4.41. The molecule has 0 unspecified atom stereocenters. The molecule has 1 aromatic carbocycles. The molecule has 3 nitrogen and oxygen atoms in total. The Morgan fingerprint density at radius 3 is 2.60 bits per heavy atom. The third kappa shape index (κ3) is 6.26. The van der Waals surface area contributed by atoms with Crippen LogP contribution in [0.3, 0.4) is 0 Å². The van der Waals surface area contributed by atoms with Gasteiger partial charge in [0.2, 0.25) is 5.91 Å². The predicted molar refractivity (Wildman–Crippen MR) is 70.7 cm³/mol. The van der Waals surface area contributed by atoms with E-state index in [9.17, 15) is 18.0 Å². The largest absolute Gasteiger partial charge is 0.487 e. The standard InChI is InChI=1S/C14H16F3NO2/c1-10(2)9-20-12-6-4-3-5-11(12)18-13(19)7-8-14(15,16)17/h3-6H,1,7-9H2,2H3,(H,18,19). The van der Waals surface area contributed by atoms with Crippen molar-refractivity contribution in [3.05, 3.63) is 36.4 Å². The molecule has 0 radical (unpaired) electrons. The normalized spacial score (nSPS) is 11.0. The zero-order valence-electron chi connectivity index (χ0n) is 11.1. The van der Waals surface area contributed by atoms with Gasteiger partial charge < -0.3 is 10.1 Å². The van der Waals surface area contributed by atoms with E-state index in [0.717, 1.165) is 5.57 Å². The van der Waals surface area contributed by atoms with E-state index in [2.05, 4.69) is 11.9 Å². The van der Waals surface area contributed by atoms with Crippen LogP contribution in [0.2, 0.25) is 0 Å². The number of halogens is 3. The van der Waals surface area contributed by atoms with E-state index in [0.29, 0.717) is 11.4 Å². The molecule has 0 aliphatic heterocycles. The first-order valence-electron chi connectivity index (χ1n) is 6.01. The Labute approximate surface area is 115 Å². The third-order valence-corrected chi connectivity index (χ3v) is 2.27. The Kier molecular flexibility index (Phi) is 5.61. The number of alkyl halides is 3. The van der Waals surface area contributed by atoms with Crippen LogP contribution in [0, 0.1) is 0 Å². The van der Waals surface area contributed by atoms with Crippen LogP contribution >= 0.6 is 0 Å². The molecule has 1 N–H and O–H groups in total. The van der Waals surface area contributed by atoms with Gasteiger partial charge in [-0.2, -0.15) is 13.2 Å². The van der Waals surface area contributed by atoms with Crippen LogP contribution in [0.25, 0.3) is 0 Å². The van der Waals surface area contributed by atoms with Crippen molar-refractivity contribution in [2.45, 2.75) is 25.9 Å². The first-order valence-corrected chi connectivity index (χ1v) is 6.01. The number of amides is 1. The molecular formula is C14H16F3NO2. The van der Waals surface area contributed by atoms with Crippen LogP contribution in [0.5, 0.6) is 5.75 Å². The molecule has 6 heteroatoms. The van der Waals surface area contributed by atoms with E-state index in [1.54, 1.807) is 31.2 Å². The zero-order valence-corrected chi connectivity index (χ0v) is 11.1. The van der Waals surface area contributed by atoms with Crippen molar-refractivity contribution >= 4 is 11.6 Å². The van der Waals surface area contributed by atoms with Gasteiger partial charge in [0.25, 0.3) is 0 Å². The maximum Gasteiger partial charge on any atom is 0.389 e. The lowest BCUT2D eigenvalue weighted by molar-refractivity contribution is -0.142. The number of rotatable bonds is 6. The average Bonchev–Trinajstić information content (AvgIpc) is 2.34. The summed E-state index contributed by atoms with van der Waals surface area (Å²) < 4.78 is 41.5. The van der Waals surface area contributed by atoms with Crippen LogP contribution in [-0.4, -0.2) is 18.7 Å². The summed E-state index contributed by atoms with van der Waals surface area (Å²) in [7, 11) is 0. The summed E-state index contributed by atoms with van der Waals surface area (Å²) in [6, 6.07) is 6.56. The van der Waals surface area contributed by atoms with Gasteiger partial charge in [0, 0.05) is 6.42 Å². The zero-order chi connectivity index (χ0) is 15.2. The summed E-state index contributed by atoms with van der Waals surface area (Å²) in [5.41, 5.74) is 1.14. The fourth-order valence-corrected chi connectivity index (χ4v) is 1.36. The summed E-state index contributed by atoms with van der Waals surface area (Å²) >= 11 is 0. The minimum absolute atomic E-state index is 0.273. The Morgan fingerprint density at radius 1 is 1.35 bits per heavy atom. The fraction of sp³-hybridized carbons (Fsp3) is 0.357. The lowest BCUT2D eigenvalue weighted by Crippen LogP contribution is -2.17. The highest BCUT2D eigenvalue weighted by Gasteiger charge is 2.28. The Morgan fingerprint density at radius 2 is 2.00 bits per heavy atom. The fourth-order valence-electron chi connectivity index (χ4n) is 1.36. The van der Waals surface area contributed by atoms with E-state index in [-0.39, 0.29) is 6.61 Å². The topological polar surface area (TPSA) is 38.3 Å². The SMILES string of the molecule is C=C(C)COc1ccccc1NC(=O)CCC(F)(F)F. The number of carbonyl (C=O) groups excluding carboxylic acids is 1. The molecule has 20 heavy (non-hydrogen) atoms. The maximum absolute atomic E-state index is 12.0. The molecule has 1 amide bonds. The van der Waals surface area contributed by atoms with Gasteiger partial charge in [0.1, 0.15) is 12.4 Å². The van der Waals surface area contributed by atoms with E-state index in [1.807, 2.05) is 0 Å². The second kappa shape index (κ2) is 6.98. The maximum atomic E-state index is 12.0. The highest BCUT2D eigenvalue weighted by Crippen LogP contribution is 2.26. The van der Waals surface area contributed by atoms with Crippen molar-refractivity contribution in [1.29, 1.82) is 0 Å². The summed E-state index contributed by atoms with van der Waals surface area (Å²) in [5.74, 6) is -0.301. The Balaban J connectivity index is 2.62. The number of hydrogen-bond acceptors (Lipinski definition) is 2. The van der Waals surface area contributed by atoms with Gasteiger partial charge in [-0.15, -0.1) is 0 Å². The van der Waals surface area contributed by atoms with E-state index in [4.69, 9.17) is 4.74 Å². The van der Waals surface area contributed by atoms with E-state index < -0.39 is 24.9 Å². The van der Waals surface area contributed by atoms with Crippen molar-refractivity contribution in [2.24, 2.45) is 0 Å².